The first-order chi connectivity index (χ1) is 11.0. The van der Waals surface area contributed by atoms with Crippen molar-refractivity contribution in [2.24, 2.45) is 0 Å². The van der Waals surface area contributed by atoms with Crippen LogP contribution in [0.4, 0.5) is 5.69 Å². The zero-order valence-electron chi connectivity index (χ0n) is 13.4. The number of hydrogen-bond donors (Lipinski definition) is 2. The number of halogens is 1. The fourth-order valence-corrected chi connectivity index (χ4v) is 3.28. The van der Waals surface area contributed by atoms with Crippen LogP contribution in [0.2, 0.25) is 5.02 Å². The van der Waals surface area contributed by atoms with Crippen molar-refractivity contribution in [3.8, 4) is 0 Å². The van der Waals surface area contributed by atoms with Crippen molar-refractivity contribution in [2.75, 3.05) is 17.6 Å². The van der Waals surface area contributed by atoms with Crippen LogP contribution < -0.4 is 10.6 Å². The second-order valence-electron chi connectivity index (χ2n) is 5.39. The van der Waals surface area contributed by atoms with Crippen LogP contribution in [0, 0.1) is 13.8 Å². The first kappa shape index (κ1) is 18.1. The molecule has 0 saturated carbocycles. The lowest BCUT2D eigenvalue weighted by Gasteiger charge is -2.11. The number of rotatable bonds is 6. The number of hydrogen-bond acceptors (Lipinski definition) is 2. The van der Waals surface area contributed by atoms with Gasteiger partial charge in [-0.15, -0.1) is 0 Å². The maximum Gasteiger partial charge on any atom is 0.170 e. The van der Waals surface area contributed by atoms with Gasteiger partial charge in [-0.05, 0) is 49.3 Å². The van der Waals surface area contributed by atoms with Crippen LogP contribution in [0.25, 0.3) is 0 Å². The summed E-state index contributed by atoms with van der Waals surface area (Å²) in [6.07, 6.45) is 0. The minimum absolute atomic E-state index is 0.626. The topological polar surface area (TPSA) is 24.1 Å². The number of nitrogens with one attached hydrogen (secondary N) is 2. The average molecular weight is 365 g/mol. The third kappa shape index (κ3) is 6.42. The van der Waals surface area contributed by atoms with Gasteiger partial charge in [-0.1, -0.05) is 47.5 Å². The van der Waals surface area contributed by atoms with E-state index < -0.39 is 0 Å². The molecule has 0 atom stereocenters. The third-order valence-electron chi connectivity index (χ3n) is 3.31. The van der Waals surface area contributed by atoms with Crippen molar-refractivity contribution in [1.82, 2.24) is 5.32 Å². The van der Waals surface area contributed by atoms with E-state index in [0.29, 0.717) is 5.11 Å². The Kier molecular flexibility index (Phi) is 7.21. The van der Waals surface area contributed by atoms with Crippen LogP contribution in [-0.4, -0.2) is 17.4 Å². The van der Waals surface area contributed by atoms with Gasteiger partial charge in [0.25, 0.3) is 0 Å². The van der Waals surface area contributed by atoms with Gasteiger partial charge in [0, 0.05) is 28.8 Å². The van der Waals surface area contributed by atoms with Crippen LogP contribution in [0.5, 0.6) is 0 Å². The molecule has 0 saturated heterocycles. The molecule has 0 unspecified atom stereocenters. The van der Waals surface area contributed by atoms with Crippen LogP contribution in [0.3, 0.4) is 0 Å². The zero-order valence-corrected chi connectivity index (χ0v) is 15.7. The van der Waals surface area contributed by atoms with Crippen LogP contribution in [-0.2, 0) is 5.75 Å². The highest BCUT2D eigenvalue weighted by Crippen LogP contribution is 2.19. The molecule has 0 bridgehead atoms. The molecule has 0 aliphatic heterocycles. The summed E-state index contributed by atoms with van der Waals surface area (Å²) in [5, 5.41) is 7.74. The van der Waals surface area contributed by atoms with Gasteiger partial charge in [-0.3, -0.25) is 0 Å². The van der Waals surface area contributed by atoms with Crippen molar-refractivity contribution in [2.45, 2.75) is 19.6 Å². The predicted octanol–water partition coefficient (Wildman–Crippen LogP) is 5.18. The maximum atomic E-state index is 6.11. The lowest BCUT2D eigenvalue weighted by atomic mass is 10.2. The van der Waals surface area contributed by atoms with Gasteiger partial charge in [0.2, 0.25) is 0 Å². The summed E-state index contributed by atoms with van der Waals surface area (Å²) in [6, 6.07) is 14.5. The number of benzene rings is 2. The molecule has 23 heavy (non-hydrogen) atoms. The van der Waals surface area contributed by atoms with Gasteiger partial charge in [-0.2, -0.15) is 11.8 Å². The Hall–Kier alpha value is -1.23. The summed E-state index contributed by atoms with van der Waals surface area (Å²) in [5.41, 5.74) is 4.64. The van der Waals surface area contributed by atoms with E-state index >= 15 is 0 Å². The van der Waals surface area contributed by atoms with E-state index in [0.717, 1.165) is 34.3 Å². The van der Waals surface area contributed by atoms with Crippen LogP contribution in [0.15, 0.2) is 42.5 Å². The largest absolute Gasteiger partial charge is 0.362 e. The molecule has 0 aliphatic rings. The fourth-order valence-electron chi connectivity index (χ4n) is 2.07. The van der Waals surface area contributed by atoms with Crippen molar-refractivity contribution < 1.29 is 0 Å². The molecule has 0 aliphatic carbocycles. The molecule has 2 aromatic carbocycles. The van der Waals surface area contributed by atoms with E-state index in [9.17, 15) is 0 Å². The smallest absolute Gasteiger partial charge is 0.170 e. The van der Waals surface area contributed by atoms with E-state index in [4.69, 9.17) is 23.8 Å². The number of thiocarbonyl (C=S) groups is 1. The summed E-state index contributed by atoms with van der Waals surface area (Å²) in [5.74, 6) is 2.03. The summed E-state index contributed by atoms with van der Waals surface area (Å²) in [7, 11) is 0. The number of anilines is 1. The van der Waals surface area contributed by atoms with Gasteiger partial charge in [-0.25, -0.2) is 0 Å². The first-order valence-corrected chi connectivity index (χ1v) is 9.43. The molecular weight excluding hydrogens is 344 g/mol. The number of aryl methyl sites for hydroxylation is 2. The normalized spacial score (nSPS) is 10.4. The van der Waals surface area contributed by atoms with Gasteiger partial charge in [0.1, 0.15) is 0 Å². The van der Waals surface area contributed by atoms with Gasteiger partial charge in [0.05, 0.1) is 0 Å². The summed E-state index contributed by atoms with van der Waals surface area (Å²) in [4.78, 5) is 0. The SMILES string of the molecule is Cc1cccc(CSCCNC(=S)Nc2ccc(C)c(Cl)c2)c1. The molecule has 0 fully saturated rings. The Bertz CT molecular complexity index is 674. The highest BCUT2D eigenvalue weighted by molar-refractivity contribution is 7.98. The molecule has 2 N–H and O–H groups in total. The standard InChI is InChI=1S/C18H21ClN2S2/c1-13-4-3-5-15(10-13)12-23-9-8-20-18(22)21-16-7-6-14(2)17(19)11-16/h3-7,10-11H,8-9,12H2,1-2H3,(H2,20,21,22). The minimum atomic E-state index is 0.626. The van der Waals surface area contributed by atoms with Crippen molar-refractivity contribution in [1.29, 1.82) is 0 Å². The molecule has 0 amide bonds. The van der Waals surface area contributed by atoms with Crippen molar-refractivity contribution in [3.63, 3.8) is 0 Å². The molecule has 0 aromatic heterocycles. The lowest BCUT2D eigenvalue weighted by Crippen LogP contribution is -2.30. The van der Waals surface area contributed by atoms with Gasteiger partial charge >= 0.3 is 0 Å². The average Bonchev–Trinajstić information content (AvgIpc) is 2.51. The summed E-state index contributed by atoms with van der Waals surface area (Å²) in [6.45, 7) is 4.94. The second kappa shape index (κ2) is 9.16. The molecule has 2 rings (SSSR count). The van der Waals surface area contributed by atoms with Crippen molar-refractivity contribution >= 4 is 46.4 Å². The van der Waals surface area contributed by atoms with Crippen molar-refractivity contribution in [3.05, 3.63) is 64.2 Å². The molecule has 2 nitrogen and oxygen atoms in total. The molecule has 0 spiro atoms. The Morgan fingerprint density at radius 2 is 2.00 bits per heavy atom. The highest BCUT2D eigenvalue weighted by Gasteiger charge is 2.01. The maximum absolute atomic E-state index is 6.11. The van der Waals surface area contributed by atoms with E-state index in [1.165, 1.54) is 11.1 Å². The fraction of sp³-hybridized carbons (Fsp3) is 0.278. The van der Waals surface area contributed by atoms with Crippen LogP contribution >= 0.6 is 35.6 Å². The number of thioether (sulfide) groups is 1. The zero-order chi connectivity index (χ0) is 16.7. The van der Waals surface area contributed by atoms with E-state index in [1.807, 2.05) is 36.9 Å². The van der Waals surface area contributed by atoms with Gasteiger partial charge < -0.3 is 10.6 Å². The quantitative estimate of drug-likeness (QED) is 0.545. The van der Waals surface area contributed by atoms with E-state index in [-0.39, 0.29) is 0 Å². The Morgan fingerprint density at radius 3 is 2.74 bits per heavy atom. The summed E-state index contributed by atoms with van der Waals surface area (Å²) < 4.78 is 0. The van der Waals surface area contributed by atoms with Crippen LogP contribution in [0.1, 0.15) is 16.7 Å². The van der Waals surface area contributed by atoms with E-state index in [1.54, 1.807) is 0 Å². The highest BCUT2D eigenvalue weighted by atomic mass is 35.5. The summed E-state index contributed by atoms with van der Waals surface area (Å²) >= 11 is 13.3. The molecule has 0 radical (unpaired) electrons. The molecule has 122 valence electrons. The molecule has 0 heterocycles. The first-order valence-electron chi connectivity index (χ1n) is 7.49. The van der Waals surface area contributed by atoms with E-state index in [2.05, 4.69) is 41.8 Å². The monoisotopic (exact) mass is 364 g/mol. The molecule has 5 heteroatoms. The Morgan fingerprint density at radius 1 is 1.17 bits per heavy atom. The lowest BCUT2D eigenvalue weighted by molar-refractivity contribution is 0.990. The Balaban J connectivity index is 1.65. The third-order valence-corrected chi connectivity index (χ3v) is 5.00. The second-order valence-corrected chi connectivity index (χ2v) is 7.31. The van der Waals surface area contributed by atoms with Gasteiger partial charge in [0.15, 0.2) is 5.11 Å². The minimum Gasteiger partial charge on any atom is -0.362 e. The molecular formula is C18H21ClN2S2. The Labute approximate surface area is 153 Å². The molecule has 2 aromatic rings. The predicted molar refractivity (Wildman–Crippen MR) is 108 cm³/mol.